The number of nitrogens with zero attached hydrogens (tertiary/aromatic N) is 1. The van der Waals surface area contributed by atoms with Crippen molar-refractivity contribution < 1.29 is 9.18 Å². The summed E-state index contributed by atoms with van der Waals surface area (Å²) in [5.74, 6) is -0.0352. The molecule has 2 nitrogen and oxygen atoms in total. The lowest BCUT2D eigenvalue weighted by Crippen LogP contribution is -2.51. The summed E-state index contributed by atoms with van der Waals surface area (Å²) in [7, 11) is 0. The number of carbonyl (C=O) groups is 1. The Hall–Kier alpha value is -0.900. The van der Waals surface area contributed by atoms with E-state index in [1.165, 1.54) is 16.2 Å². The predicted octanol–water partition coefficient (Wildman–Crippen LogP) is 1.85. The molecule has 1 aromatic heterocycles. The van der Waals surface area contributed by atoms with Crippen molar-refractivity contribution in [3.05, 3.63) is 21.9 Å². The quantitative estimate of drug-likeness (QED) is 0.676. The lowest BCUT2D eigenvalue weighted by molar-refractivity contribution is 0.0405. The number of aryl methyl sites for hydroxylation is 1. The van der Waals surface area contributed by atoms with Crippen LogP contribution in [0, 0.1) is 6.92 Å². The van der Waals surface area contributed by atoms with E-state index in [0.29, 0.717) is 4.88 Å². The maximum Gasteiger partial charge on any atom is 0.264 e. The second-order valence-corrected chi connectivity index (χ2v) is 4.51. The van der Waals surface area contributed by atoms with Crippen LogP contribution in [0.15, 0.2) is 12.1 Å². The molecule has 0 unspecified atom stereocenters. The summed E-state index contributed by atoms with van der Waals surface area (Å²) in [4.78, 5) is 14.9. The molecule has 0 atom stereocenters. The van der Waals surface area contributed by atoms with Crippen molar-refractivity contribution in [2.45, 2.75) is 13.1 Å². The van der Waals surface area contributed by atoms with Gasteiger partial charge in [0, 0.05) is 4.88 Å². The van der Waals surface area contributed by atoms with E-state index in [-0.39, 0.29) is 19.0 Å². The minimum atomic E-state index is -0.815. The van der Waals surface area contributed by atoms with Crippen molar-refractivity contribution >= 4 is 17.2 Å². The molecule has 1 amide bonds. The molecule has 0 aliphatic carbocycles. The van der Waals surface area contributed by atoms with E-state index in [9.17, 15) is 9.18 Å². The Labute approximate surface area is 80.0 Å². The topological polar surface area (TPSA) is 20.3 Å². The third-order valence-corrected chi connectivity index (χ3v) is 3.06. The van der Waals surface area contributed by atoms with Gasteiger partial charge in [-0.1, -0.05) is 0 Å². The molecule has 2 rings (SSSR count). The first-order valence-electron chi connectivity index (χ1n) is 4.16. The number of likely N-dealkylation sites (tertiary alicyclic amines) is 1. The summed E-state index contributed by atoms with van der Waals surface area (Å²) >= 11 is 1.46. The number of alkyl halides is 1. The van der Waals surface area contributed by atoms with Gasteiger partial charge in [0.05, 0.1) is 18.0 Å². The highest BCUT2D eigenvalue weighted by molar-refractivity contribution is 7.13. The maximum absolute atomic E-state index is 12.5. The van der Waals surface area contributed by atoms with Crippen LogP contribution in [0.1, 0.15) is 14.5 Å². The summed E-state index contributed by atoms with van der Waals surface area (Å²) in [5.41, 5.74) is 0. The van der Waals surface area contributed by atoms with Gasteiger partial charge in [0.15, 0.2) is 0 Å². The molecule has 1 aliphatic rings. The number of carbonyl (C=O) groups excluding carboxylic acids is 1. The highest BCUT2D eigenvalue weighted by Crippen LogP contribution is 2.21. The number of thiophene rings is 1. The van der Waals surface area contributed by atoms with E-state index >= 15 is 0 Å². The van der Waals surface area contributed by atoms with Gasteiger partial charge in [-0.25, -0.2) is 4.39 Å². The molecule has 1 fully saturated rings. The van der Waals surface area contributed by atoms with Crippen molar-refractivity contribution in [1.29, 1.82) is 0 Å². The van der Waals surface area contributed by atoms with Gasteiger partial charge in [0.2, 0.25) is 0 Å². The first-order valence-corrected chi connectivity index (χ1v) is 4.98. The second kappa shape index (κ2) is 3.10. The first kappa shape index (κ1) is 8.69. The highest BCUT2D eigenvalue weighted by atomic mass is 32.1. The van der Waals surface area contributed by atoms with Crippen LogP contribution in [0.5, 0.6) is 0 Å². The molecule has 70 valence electrons. The van der Waals surface area contributed by atoms with Crippen LogP contribution < -0.4 is 0 Å². The Morgan fingerprint density at radius 3 is 2.77 bits per heavy atom. The van der Waals surface area contributed by atoms with E-state index in [1.54, 1.807) is 6.07 Å². The number of amides is 1. The molecule has 1 saturated heterocycles. The molecule has 1 aliphatic heterocycles. The molecule has 1 aromatic rings. The highest BCUT2D eigenvalue weighted by Gasteiger charge is 2.31. The van der Waals surface area contributed by atoms with Gasteiger partial charge in [-0.15, -0.1) is 11.3 Å². The lowest BCUT2D eigenvalue weighted by Gasteiger charge is -2.33. The van der Waals surface area contributed by atoms with E-state index in [0.717, 1.165) is 4.88 Å². The summed E-state index contributed by atoms with van der Waals surface area (Å²) in [6, 6.07) is 3.71. The van der Waals surface area contributed by atoms with Crippen LogP contribution in [0.25, 0.3) is 0 Å². The molecular formula is C9H10FNOS. The van der Waals surface area contributed by atoms with Crippen LogP contribution in [-0.2, 0) is 0 Å². The molecule has 0 spiro atoms. The number of rotatable bonds is 1. The average Bonchev–Trinajstić information content (AvgIpc) is 2.45. The number of hydrogen-bond donors (Lipinski definition) is 0. The van der Waals surface area contributed by atoms with Gasteiger partial charge in [0.1, 0.15) is 6.17 Å². The average molecular weight is 199 g/mol. The van der Waals surface area contributed by atoms with Gasteiger partial charge < -0.3 is 4.90 Å². The zero-order valence-corrected chi connectivity index (χ0v) is 8.10. The Kier molecular flexibility index (Phi) is 2.07. The van der Waals surface area contributed by atoms with Crippen molar-refractivity contribution in [2.24, 2.45) is 0 Å². The third kappa shape index (κ3) is 1.58. The zero-order valence-electron chi connectivity index (χ0n) is 7.29. The molecule has 0 aromatic carbocycles. The Morgan fingerprint density at radius 2 is 2.31 bits per heavy atom. The van der Waals surface area contributed by atoms with Crippen LogP contribution in [0.3, 0.4) is 0 Å². The summed E-state index contributed by atoms with van der Waals surface area (Å²) < 4.78 is 12.5. The monoisotopic (exact) mass is 199 g/mol. The Morgan fingerprint density at radius 1 is 1.62 bits per heavy atom. The summed E-state index contributed by atoms with van der Waals surface area (Å²) in [6.45, 7) is 2.47. The normalized spacial score (nSPS) is 17.2. The van der Waals surface area contributed by atoms with Crippen molar-refractivity contribution in [1.82, 2.24) is 4.90 Å². The minimum Gasteiger partial charge on any atom is -0.332 e. The molecule has 0 radical (unpaired) electrons. The lowest BCUT2D eigenvalue weighted by atomic mass is 10.2. The molecule has 2 heterocycles. The Balaban J connectivity index is 2.06. The van der Waals surface area contributed by atoms with E-state index in [4.69, 9.17) is 0 Å². The standard InChI is InChI=1S/C9H10FNOS/c1-6-2-3-8(13-6)9(12)11-4-7(10)5-11/h2-3,7H,4-5H2,1H3. The van der Waals surface area contributed by atoms with Gasteiger partial charge in [0.25, 0.3) is 5.91 Å². The summed E-state index contributed by atoms with van der Waals surface area (Å²) in [6.07, 6.45) is -0.815. The third-order valence-electron chi connectivity index (χ3n) is 2.08. The zero-order chi connectivity index (χ0) is 9.42. The van der Waals surface area contributed by atoms with E-state index in [1.807, 2.05) is 13.0 Å². The van der Waals surface area contributed by atoms with Crippen LogP contribution >= 0.6 is 11.3 Å². The minimum absolute atomic E-state index is 0.0352. The van der Waals surface area contributed by atoms with Gasteiger partial charge in [-0.2, -0.15) is 0 Å². The van der Waals surface area contributed by atoms with Gasteiger partial charge in [-0.05, 0) is 19.1 Å². The van der Waals surface area contributed by atoms with Crippen molar-refractivity contribution in [3.8, 4) is 0 Å². The molecule has 0 bridgehead atoms. The van der Waals surface area contributed by atoms with E-state index in [2.05, 4.69) is 0 Å². The van der Waals surface area contributed by atoms with E-state index < -0.39 is 6.17 Å². The molecule has 0 saturated carbocycles. The fourth-order valence-corrected chi connectivity index (χ4v) is 2.13. The van der Waals surface area contributed by atoms with Gasteiger partial charge >= 0.3 is 0 Å². The molecular weight excluding hydrogens is 189 g/mol. The molecule has 13 heavy (non-hydrogen) atoms. The number of halogens is 1. The van der Waals surface area contributed by atoms with Gasteiger partial charge in [-0.3, -0.25) is 4.79 Å². The largest absolute Gasteiger partial charge is 0.332 e. The van der Waals surface area contributed by atoms with Crippen molar-refractivity contribution in [3.63, 3.8) is 0 Å². The summed E-state index contributed by atoms with van der Waals surface area (Å²) in [5, 5.41) is 0. The van der Waals surface area contributed by atoms with Crippen molar-refractivity contribution in [2.75, 3.05) is 13.1 Å². The molecule has 4 heteroatoms. The number of hydrogen-bond acceptors (Lipinski definition) is 2. The maximum atomic E-state index is 12.5. The fraction of sp³-hybridized carbons (Fsp3) is 0.444. The predicted molar refractivity (Wildman–Crippen MR) is 49.9 cm³/mol. The SMILES string of the molecule is Cc1ccc(C(=O)N2CC(F)C2)s1. The fourth-order valence-electron chi connectivity index (χ4n) is 1.30. The van der Waals surface area contributed by atoms with Crippen LogP contribution in [0.2, 0.25) is 0 Å². The first-order chi connectivity index (χ1) is 6.16. The van der Waals surface area contributed by atoms with Crippen LogP contribution in [0.4, 0.5) is 4.39 Å². The smallest absolute Gasteiger partial charge is 0.264 e. The second-order valence-electron chi connectivity index (χ2n) is 3.22. The van der Waals surface area contributed by atoms with Crippen LogP contribution in [-0.4, -0.2) is 30.1 Å². The Bertz CT molecular complexity index is 330. The molecule has 0 N–H and O–H groups in total.